The fourth-order valence-electron chi connectivity index (χ4n) is 1.44. The SMILES string of the molecule is CCNC(CO)c1ccc(OC)cc1Cl. The van der Waals surface area contributed by atoms with E-state index in [2.05, 4.69) is 5.32 Å². The number of nitrogens with one attached hydrogen (secondary N) is 1. The molecule has 0 saturated carbocycles. The topological polar surface area (TPSA) is 41.5 Å². The quantitative estimate of drug-likeness (QED) is 0.812. The summed E-state index contributed by atoms with van der Waals surface area (Å²) >= 11 is 6.09. The van der Waals surface area contributed by atoms with E-state index < -0.39 is 0 Å². The van der Waals surface area contributed by atoms with Crippen LogP contribution in [0.2, 0.25) is 5.02 Å². The van der Waals surface area contributed by atoms with Crippen LogP contribution in [0.3, 0.4) is 0 Å². The Morgan fingerprint density at radius 2 is 2.27 bits per heavy atom. The fourth-order valence-corrected chi connectivity index (χ4v) is 1.74. The molecule has 0 amide bonds. The molecule has 3 nitrogen and oxygen atoms in total. The Morgan fingerprint density at radius 1 is 1.53 bits per heavy atom. The number of ether oxygens (including phenoxy) is 1. The molecule has 0 spiro atoms. The maximum absolute atomic E-state index is 9.21. The molecular formula is C11H16ClNO2. The highest BCUT2D eigenvalue weighted by Crippen LogP contribution is 2.26. The number of aliphatic hydroxyl groups is 1. The normalized spacial score (nSPS) is 12.5. The molecule has 0 heterocycles. The van der Waals surface area contributed by atoms with Gasteiger partial charge in [0.2, 0.25) is 0 Å². The highest BCUT2D eigenvalue weighted by molar-refractivity contribution is 6.31. The minimum Gasteiger partial charge on any atom is -0.497 e. The van der Waals surface area contributed by atoms with Crippen molar-refractivity contribution in [2.75, 3.05) is 20.3 Å². The summed E-state index contributed by atoms with van der Waals surface area (Å²) in [6.45, 7) is 2.80. The van der Waals surface area contributed by atoms with Crippen LogP contribution in [0.4, 0.5) is 0 Å². The number of hydrogen-bond donors (Lipinski definition) is 2. The zero-order valence-electron chi connectivity index (χ0n) is 8.96. The van der Waals surface area contributed by atoms with Crippen LogP contribution in [0.15, 0.2) is 18.2 Å². The predicted molar refractivity (Wildman–Crippen MR) is 61.5 cm³/mol. The van der Waals surface area contributed by atoms with Gasteiger partial charge >= 0.3 is 0 Å². The minimum atomic E-state index is -0.117. The fraction of sp³-hybridized carbons (Fsp3) is 0.455. The van der Waals surface area contributed by atoms with Gasteiger partial charge in [-0.25, -0.2) is 0 Å². The zero-order chi connectivity index (χ0) is 11.3. The largest absolute Gasteiger partial charge is 0.497 e. The Bertz CT molecular complexity index is 317. The summed E-state index contributed by atoms with van der Waals surface area (Å²) in [6.07, 6.45) is 0. The van der Waals surface area contributed by atoms with E-state index in [1.165, 1.54) is 0 Å². The van der Waals surface area contributed by atoms with Gasteiger partial charge in [-0.05, 0) is 24.2 Å². The van der Waals surface area contributed by atoms with Gasteiger partial charge < -0.3 is 15.2 Å². The summed E-state index contributed by atoms with van der Waals surface area (Å²) in [5.74, 6) is 0.719. The van der Waals surface area contributed by atoms with E-state index in [4.69, 9.17) is 16.3 Å². The van der Waals surface area contributed by atoms with Crippen LogP contribution in [-0.2, 0) is 0 Å². The molecule has 0 saturated heterocycles. The van der Waals surface area contributed by atoms with Crippen molar-refractivity contribution in [1.29, 1.82) is 0 Å². The molecule has 0 aliphatic heterocycles. The van der Waals surface area contributed by atoms with Crippen molar-refractivity contribution in [3.63, 3.8) is 0 Å². The second-order valence-corrected chi connectivity index (χ2v) is 3.59. The van der Waals surface area contributed by atoms with Gasteiger partial charge in [-0.3, -0.25) is 0 Å². The summed E-state index contributed by atoms with van der Waals surface area (Å²) in [6, 6.07) is 5.33. The number of likely N-dealkylation sites (N-methyl/N-ethyl adjacent to an activating group) is 1. The summed E-state index contributed by atoms with van der Waals surface area (Å²) in [4.78, 5) is 0. The lowest BCUT2D eigenvalue weighted by atomic mass is 10.1. The molecule has 0 aromatic heterocycles. The molecule has 1 atom stereocenters. The van der Waals surface area contributed by atoms with E-state index in [0.717, 1.165) is 17.9 Å². The average Bonchev–Trinajstić information content (AvgIpc) is 2.26. The van der Waals surface area contributed by atoms with E-state index in [1.54, 1.807) is 13.2 Å². The van der Waals surface area contributed by atoms with Gasteiger partial charge in [0, 0.05) is 5.02 Å². The molecule has 0 fully saturated rings. The lowest BCUT2D eigenvalue weighted by Gasteiger charge is -2.17. The number of rotatable bonds is 5. The van der Waals surface area contributed by atoms with E-state index in [0.29, 0.717) is 5.02 Å². The van der Waals surface area contributed by atoms with Crippen molar-refractivity contribution in [1.82, 2.24) is 5.32 Å². The van der Waals surface area contributed by atoms with E-state index >= 15 is 0 Å². The molecule has 15 heavy (non-hydrogen) atoms. The van der Waals surface area contributed by atoms with Gasteiger partial charge in [0.1, 0.15) is 5.75 Å². The summed E-state index contributed by atoms with van der Waals surface area (Å²) < 4.78 is 5.06. The second-order valence-electron chi connectivity index (χ2n) is 3.18. The van der Waals surface area contributed by atoms with Crippen molar-refractivity contribution in [3.05, 3.63) is 28.8 Å². The Balaban J connectivity index is 2.92. The van der Waals surface area contributed by atoms with Crippen LogP contribution >= 0.6 is 11.6 Å². The number of methoxy groups -OCH3 is 1. The number of halogens is 1. The molecule has 4 heteroatoms. The van der Waals surface area contributed by atoms with E-state index in [-0.39, 0.29) is 12.6 Å². The Kier molecular flexibility index (Phi) is 4.88. The maximum Gasteiger partial charge on any atom is 0.120 e. The third-order valence-electron chi connectivity index (χ3n) is 2.22. The minimum absolute atomic E-state index is 0.0277. The van der Waals surface area contributed by atoms with Crippen molar-refractivity contribution >= 4 is 11.6 Å². The molecule has 84 valence electrons. The van der Waals surface area contributed by atoms with Crippen molar-refractivity contribution in [2.24, 2.45) is 0 Å². The van der Waals surface area contributed by atoms with Crippen molar-refractivity contribution < 1.29 is 9.84 Å². The van der Waals surface area contributed by atoms with Gasteiger partial charge in [0.05, 0.1) is 19.8 Å². The van der Waals surface area contributed by atoms with Crippen molar-refractivity contribution in [2.45, 2.75) is 13.0 Å². The highest BCUT2D eigenvalue weighted by atomic mass is 35.5. The molecule has 0 aliphatic carbocycles. The monoisotopic (exact) mass is 229 g/mol. The average molecular weight is 230 g/mol. The summed E-state index contributed by atoms with van der Waals surface area (Å²) in [5.41, 5.74) is 0.891. The Labute approximate surface area is 95.0 Å². The molecule has 1 unspecified atom stereocenters. The van der Waals surface area contributed by atoms with Crippen molar-refractivity contribution in [3.8, 4) is 5.75 Å². The summed E-state index contributed by atoms with van der Waals surface area (Å²) in [5, 5.41) is 13.0. The number of benzene rings is 1. The standard InChI is InChI=1S/C11H16ClNO2/c1-3-13-11(7-14)9-5-4-8(15-2)6-10(9)12/h4-6,11,13-14H,3,7H2,1-2H3. The first-order valence-corrected chi connectivity index (χ1v) is 5.28. The Hall–Kier alpha value is -0.770. The van der Waals surface area contributed by atoms with Crippen LogP contribution in [0.1, 0.15) is 18.5 Å². The van der Waals surface area contributed by atoms with Gasteiger partial charge in [-0.2, -0.15) is 0 Å². The molecule has 1 aromatic rings. The molecule has 0 radical (unpaired) electrons. The third kappa shape index (κ3) is 3.09. The van der Waals surface area contributed by atoms with Crippen LogP contribution in [0.25, 0.3) is 0 Å². The number of aliphatic hydroxyl groups excluding tert-OH is 1. The second kappa shape index (κ2) is 5.95. The molecule has 0 aliphatic rings. The first kappa shape index (κ1) is 12.3. The van der Waals surface area contributed by atoms with Crippen LogP contribution in [-0.4, -0.2) is 25.4 Å². The zero-order valence-corrected chi connectivity index (χ0v) is 9.71. The molecule has 0 bridgehead atoms. The third-order valence-corrected chi connectivity index (χ3v) is 2.54. The van der Waals surface area contributed by atoms with E-state index in [9.17, 15) is 5.11 Å². The molecule has 2 N–H and O–H groups in total. The predicted octanol–water partition coefficient (Wildman–Crippen LogP) is 1.99. The number of hydrogen-bond acceptors (Lipinski definition) is 3. The van der Waals surface area contributed by atoms with Gasteiger partial charge in [0.25, 0.3) is 0 Å². The lowest BCUT2D eigenvalue weighted by Crippen LogP contribution is -2.24. The molecular weight excluding hydrogens is 214 g/mol. The first-order chi connectivity index (χ1) is 7.22. The van der Waals surface area contributed by atoms with Gasteiger partial charge in [0.15, 0.2) is 0 Å². The first-order valence-electron chi connectivity index (χ1n) is 4.90. The molecule has 1 aromatic carbocycles. The van der Waals surface area contributed by atoms with Crippen LogP contribution < -0.4 is 10.1 Å². The highest BCUT2D eigenvalue weighted by Gasteiger charge is 2.12. The smallest absolute Gasteiger partial charge is 0.120 e. The van der Waals surface area contributed by atoms with Gasteiger partial charge in [-0.1, -0.05) is 24.6 Å². The summed E-state index contributed by atoms with van der Waals surface area (Å²) in [7, 11) is 1.60. The Morgan fingerprint density at radius 3 is 2.73 bits per heavy atom. The van der Waals surface area contributed by atoms with Crippen LogP contribution in [0.5, 0.6) is 5.75 Å². The van der Waals surface area contributed by atoms with Gasteiger partial charge in [-0.15, -0.1) is 0 Å². The van der Waals surface area contributed by atoms with Crippen LogP contribution in [0, 0.1) is 0 Å². The van der Waals surface area contributed by atoms with E-state index in [1.807, 2.05) is 19.1 Å². The molecule has 1 rings (SSSR count). The maximum atomic E-state index is 9.21. The lowest BCUT2D eigenvalue weighted by molar-refractivity contribution is 0.246.